The molecule has 168 valence electrons. The molecular formula is C23H31N3O4S. The van der Waals surface area contributed by atoms with E-state index in [1.54, 1.807) is 38.3 Å². The molecule has 0 saturated carbocycles. The molecule has 31 heavy (non-hydrogen) atoms. The number of ether oxygens (including phenoxy) is 1. The Morgan fingerprint density at radius 2 is 1.87 bits per heavy atom. The number of rotatable bonds is 8. The zero-order valence-electron chi connectivity index (χ0n) is 18.3. The Labute approximate surface area is 185 Å². The van der Waals surface area contributed by atoms with Gasteiger partial charge in [-0.3, -0.25) is 9.10 Å². The van der Waals surface area contributed by atoms with Crippen LogP contribution in [0, 0.1) is 5.92 Å². The minimum absolute atomic E-state index is 0.108. The summed E-state index contributed by atoms with van der Waals surface area (Å²) in [6.07, 6.45) is 1.32. The highest BCUT2D eigenvalue weighted by molar-refractivity contribution is 7.90. The molecule has 0 bridgehead atoms. The lowest BCUT2D eigenvalue weighted by Gasteiger charge is -2.35. The summed E-state index contributed by atoms with van der Waals surface area (Å²) in [4.78, 5) is 12.9. The Morgan fingerprint density at radius 3 is 2.48 bits per heavy atom. The van der Waals surface area contributed by atoms with Crippen molar-refractivity contribution in [2.24, 2.45) is 5.92 Å². The van der Waals surface area contributed by atoms with E-state index < -0.39 is 10.2 Å². The van der Waals surface area contributed by atoms with E-state index in [1.165, 1.54) is 8.61 Å². The van der Waals surface area contributed by atoms with Crippen molar-refractivity contribution < 1.29 is 17.9 Å². The van der Waals surface area contributed by atoms with Crippen LogP contribution in [0.1, 0.15) is 38.3 Å². The first-order valence-electron chi connectivity index (χ1n) is 10.6. The quantitative estimate of drug-likeness (QED) is 0.676. The summed E-state index contributed by atoms with van der Waals surface area (Å²) >= 11 is 0. The first-order valence-corrected chi connectivity index (χ1v) is 12.0. The molecule has 2 unspecified atom stereocenters. The van der Waals surface area contributed by atoms with Crippen LogP contribution in [0.2, 0.25) is 0 Å². The molecular weight excluding hydrogens is 414 g/mol. The Bertz CT molecular complexity index is 964. The number of piperidine rings is 1. The molecule has 1 heterocycles. The molecule has 1 fully saturated rings. The van der Waals surface area contributed by atoms with Gasteiger partial charge in [-0.15, -0.1) is 0 Å². The molecule has 3 rings (SSSR count). The summed E-state index contributed by atoms with van der Waals surface area (Å²) in [5.41, 5.74) is 1.60. The second kappa shape index (κ2) is 10.2. The van der Waals surface area contributed by atoms with Crippen LogP contribution in [-0.2, 0) is 15.0 Å². The second-order valence-corrected chi connectivity index (χ2v) is 9.56. The summed E-state index contributed by atoms with van der Waals surface area (Å²) in [6.45, 7) is 4.63. The lowest BCUT2D eigenvalue weighted by Crippen LogP contribution is -2.50. The van der Waals surface area contributed by atoms with Crippen LogP contribution >= 0.6 is 0 Å². The number of anilines is 1. The van der Waals surface area contributed by atoms with Crippen molar-refractivity contribution in [3.63, 3.8) is 0 Å². The van der Waals surface area contributed by atoms with Crippen molar-refractivity contribution in [1.29, 1.82) is 0 Å². The predicted octanol–water partition coefficient (Wildman–Crippen LogP) is 3.36. The van der Waals surface area contributed by atoms with Gasteiger partial charge in [0, 0.05) is 19.6 Å². The van der Waals surface area contributed by atoms with Gasteiger partial charge in [0.25, 0.3) is 0 Å². The Kier molecular flexibility index (Phi) is 7.56. The van der Waals surface area contributed by atoms with Gasteiger partial charge in [0.05, 0.1) is 24.8 Å². The van der Waals surface area contributed by atoms with Crippen LogP contribution in [0.4, 0.5) is 5.69 Å². The fourth-order valence-electron chi connectivity index (χ4n) is 3.89. The molecule has 7 nitrogen and oxygen atoms in total. The van der Waals surface area contributed by atoms with Crippen LogP contribution in [0.3, 0.4) is 0 Å². The minimum Gasteiger partial charge on any atom is -0.497 e. The van der Waals surface area contributed by atoms with Crippen molar-refractivity contribution in [2.45, 2.75) is 32.7 Å². The number of carbonyl (C=O) groups excluding carboxylic acids is 1. The molecule has 1 aliphatic rings. The minimum atomic E-state index is -3.75. The van der Waals surface area contributed by atoms with Crippen LogP contribution in [0.5, 0.6) is 5.75 Å². The van der Waals surface area contributed by atoms with E-state index >= 15 is 0 Å². The standard InChI is InChI=1S/C23H31N3O4S/c1-4-26(21-12-14-22(30-3)15-13-21)31(28,29)25-16-8-11-20(17-25)23(27)24-18(2)19-9-6-5-7-10-19/h5-7,9-10,12-15,18,20H,4,8,11,16-17H2,1-3H3,(H,24,27). The predicted molar refractivity (Wildman–Crippen MR) is 122 cm³/mol. The largest absolute Gasteiger partial charge is 0.497 e. The summed E-state index contributed by atoms with van der Waals surface area (Å²) in [5.74, 6) is 0.187. The Balaban J connectivity index is 1.70. The Morgan fingerprint density at radius 1 is 1.19 bits per heavy atom. The molecule has 2 aromatic rings. The number of nitrogens with zero attached hydrogens (tertiary/aromatic N) is 2. The number of carbonyl (C=O) groups is 1. The third kappa shape index (κ3) is 5.37. The highest BCUT2D eigenvalue weighted by Gasteiger charge is 2.36. The number of amides is 1. The van der Waals surface area contributed by atoms with Gasteiger partial charge < -0.3 is 10.1 Å². The monoisotopic (exact) mass is 445 g/mol. The van der Waals surface area contributed by atoms with Gasteiger partial charge in [0.15, 0.2) is 0 Å². The van der Waals surface area contributed by atoms with Crippen LogP contribution < -0.4 is 14.4 Å². The molecule has 2 atom stereocenters. The van der Waals surface area contributed by atoms with Crippen molar-refractivity contribution in [2.75, 3.05) is 31.0 Å². The van der Waals surface area contributed by atoms with E-state index in [0.717, 1.165) is 5.56 Å². The number of hydrogen-bond acceptors (Lipinski definition) is 4. The fraction of sp³-hybridized carbons (Fsp3) is 0.435. The van der Waals surface area contributed by atoms with Gasteiger partial charge in [0.2, 0.25) is 5.91 Å². The SMILES string of the molecule is CCN(c1ccc(OC)cc1)S(=O)(=O)N1CCCC(C(=O)NC(C)c2ccccc2)C1. The maximum Gasteiger partial charge on any atom is 0.304 e. The first kappa shape index (κ1) is 23.1. The lowest BCUT2D eigenvalue weighted by atomic mass is 9.98. The fourth-order valence-corrected chi connectivity index (χ4v) is 5.61. The lowest BCUT2D eigenvalue weighted by molar-refractivity contribution is -0.126. The van der Waals surface area contributed by atoms with Crippen molar-refractivity contribution in [1.82, 2.24) is 9.62 Å². The zero-order chi connectivity index (χ0) is 22.4. The normalized spacial score (nSPS) is 18.2. The molecule has 0 radical (unpaired) electrons. The number of methoxy groups -OCH3 is 1. The van der Waals surface area contributed by atoms with E-state index in [0.29, 0.717) is 37.4 Å². The van der Waals surface area contributed by atoms with Gasteiger partial charge >= 0.3 is 10.2 Å². The molecule has 1 saturated heterocycles. The number of hydrogen-bond donors (Lipinski definition) is 1. The van der Waals surface area contributed by atoms with E-state index in [4.69, 9.17) is 4.74 Å². The Hall–Kier alpha value is -2.58. The van der Waals surface area contributed by atoms with E-state index in [1.807, 2.05) is 37.3 Å². The third-order valence-corrected chi connectivity index (χ3v) is 7.68. The molecule has 0 spiro atoms. The van der Waals surface area contributed by atoms with Crippen LogP contribution in [0.15, 0.2) is 54.6 Å². The van der Waals surface area contributed by atoms with Gasteiger partial charge in [-0.2, -0.15) is 12.7 Å². The molecule has 0 aliphatic carbocycles. The van der Waals surface area contributed by atoms with Crippen molar-refractivity contribution in [3.8, 4) is 5.75 Å². The van der Waals surface area contributed by atoms with Gasteiger partial charge in [0.1, 0.15) is 5.75 Å². The van der Waals surface area contributed by atoms with Crippen molar-refractivity contribution >= 4 is 21.8 Å². The molecule has 2 aromatic carbocycles. The van der Waals surface area contributed by atoms with Gasteiger partial charge in [-0.05, 0) is 56.5 Å². The maximum absolute atomic E-state index is 13.4. The highest BCUT2D eigenvalue weighted by atomic mass is 32.2. The molecule has 1 amide bonds. The zero-order valence-corrected chi connectivity index (χ0v) is 19.1. The topological polar surface area (TPSA) is 79.0 Å². The third-order valence-electron chi connectivity index (χ3n) is 5.67. The number of nitrogens with one attached hydrogen (secondary N) is 1. The smallest absolute Gasteiger partial charge is 0.304 e. The summed E-state index contributed by atoms with van der Waals surface area (Å²) in [6, 6.07) is 16.6. The van der Waals surface area contributed by atoms with Crippen molar-refractivity contribution in [3.05, 3.63) is 60.2 Å². The summed E-state index contributed by atoms with van der Waals surface area (Å²) in [7, 11) is -2.18. The molecule has 1 N–H and O–H groups in total. The van der Waals surface area contributed by atoms with Crippen LogP contribution in [-0.4, -0.2) is 45.4 Å². The molecule has 8 heteroatoms. The molecule has 1 aliphatic heterocycles. The number of benzene rings is 2. The van der Waals surface area contributed by atoms with Gasteiger partial charge in [-0.25, -0.2) is 0 Å². The van der Waals surface area contributed by atoms with Gasteiger partial charge in [-0.1, -0.05) is 30.3 Å². The van der Waals surface area contributed by atoms with E-state index in [9.17, 15) is 13.2 Å². The van der Waals surface area contributed by atoms with E-state index in [-0.39, 0.29) is 24.4 Å². The average Bonchev–Trinajstić information content (AvgIpc) is 2.80. The molecule has 0 aromatic heterocycles. The summed E-state index contributed by atoms with van der Waals surface area (Å²) in [5, 5.41) is 3.04. The van der Waals surface area contributed by atoms with Crippen LogP contribution in [0.25, 0.3) is 0 Å². The maximum atomic E-state index is 13.4. The average molecular weight is 446 g/mol. The second-order valence-electron chi connectivity index (χ2n) is 7.71. The highest BCUT2D eigenvalue weighted by Crippen LogP contribution is 2.27. The first-order chi connectivity index (χ1) is 14.9. The summed E-state index contributed by atoms with van der Waals surface area (Å²) < 4.78 is 34.7. The van der Waals surface area contributed by atoms with E-state index in [2.05, 4.69) is 5.32 Å².